The third-order valence-corrected chi connectivity index (χ3v) is 4.06. The fraction of sp³-hybridized carbons (Fsp3) is 0.125. The smallest absolute Gasteiger partial charge is 0.357 e. The fourth-order valence-corrected chi connectivity index (χ4v) is 2.77. The molecule has 0 saturated heterocycles. The van der Waals surface area contributed by atoms with E-state index in [1.807, 2.05) is 41.8 Å². The van der Waals surface area contributed by atoms with Crippen LogP contribution in [0.1, 0.15) is 15.4 Å². The molecule has 5 heteroatoms. The van der Waals surface area contributed by atoms with Gasteiger partial charge in [-0.3, -0.25) is 0 Å². The Morgan fingerprint density at radius 3 is 2.90 bits per heavy atom. The second kappa shape index (κ2) is 5.93. The van der Waals surface area contributed by atoms with Crippen LogP contribution in [0.25, 0.3) is 10.9 Å². The van der Waals surface area contributed by atoms with Crippen LogP contribution >= 0.6 is 11.3 Å². The number of benzene rings is 1. The Labute approximate surface area is 126 Å². The number of rotatable bonds is 4. The molecule has 0 bridgehead atoms. The predicted octanol–water partition coefficient (Wildman–Crippen LogP) is 3.28. The summed E-state index contributed by atoms with van der Waals surface area (Å²) in [6.45, 7) is 0.341. The summed E-state index contributed by atoms with van der Waals surface area (Å²) in [7, 11) is 0. The number of thiophene rings is 1. The molecule has 0 radical (unpaired) electrons. The number of hydrogen-bond donors (Lipinski definition) is 1. The molecular weight excluding hydrogens is 284 g/mol. The predicted molar refractivity (Wildman–Crippen MR) is 84.5 cm³/mol. The highest BCUT2D eigenvalue weighted by Gasteiger charge is 2.12. The molecule has 21 heavy (non-hydrogen) atoms. The number of nitrogens with zero attached hydrogens (tertiary/aromatic N) is 1. The molecule has 2 heterocycles. The monoisotopic (exact) mass is 298 g/mol. The van der Waals surface area contributed by atoms with E-state index in [1.54, 1.807) is 17.4 Å². The number of esters is 1. The minimum absolute atomic E-state index is 0.248. The van der Waals surface area contributed by atoms with Gasteiger partial charge in [-0.15, -0.1) is 11.3 Å². The first kappa shape index (κ1) is 13.6. The highest BCUT2D eigenvalue weighted by molar-refractivity contribution is 7.09. The molecule has 3 aromatic rings. The normalized spacial score (nSPS) is 10.7. The summed E-state index contributed by atoms with van der Waals surface area (Å²) in [5, 5.41) is 2.84. The molecule has 0 saturated carbocycles. The third kappa shape index (κ3) is 3.03. The SMILES string of the molecule is Nc1cc(C(=O)OCCc2cccs2)nc2ccccc12. The molecule has 106 valence electrons. The summed E-state index contributed by atoms with van der Waals surface area (Å²) in [6, 6.07) is 13.0. The highest BCUT2D eigenvalue weighted by atomic mass is 32.1. The van der Waals surface area contributed by atoms with Gasteiger partial charge in [-0.05, 0) is 23.6 Å². The van der Waals surface area contributed by atoms with Gasteiger partial charge in [0.2, 0.25) is 0 Å². The molecule has 0 unspecified atom stereocenters. The lowest BCUT2D eigenvalue weighted by Crippen LogP contribution is -2.10. The molecule has 2 aromatic heterocycles. The molecular formula is C16H14N2O2S. The quantitative estimate of drug-likeness (QED) is 0.751. The van der Waals surface area contributed by atoms with Gasteiger partial charge < -0.3 is 10.5 Å². The van der Waals surface area contributed by atoms with Crippen LogP contribution in [0.5, 0.6) is 0 Å². The van der Waals surface area contributed by atoms with Crippen LogP contribution in [-0.2, 0) is 11.2 Å². The van der Waals surface area contributed by atoms with E-state index in [-0.39, 0.29) is 5.69 Å². The number of fused-ring (bicyclic) bond motifs is 1. The van der Waals surface area contributed by atoms with Gasteiger partial charge in [-0.25, -0.2) is 9.78 Å². The van der Waals surface area contributed by atoms with Crippen LogP contribution in [0.3, 0.4) is 0 Å². The molecule has 1 aromatic carbocycles. The van der Waals surface area contributed by atoms with Gasteiger partial charge in [-0.1, -0.05) is 24.3 Å². The lowest BCUT2D eigenvalue weighted by molar-refractivity contribution is 0.0503. The van der Waals surface area contributed by atoms with Crippen molar-refractivity contribution in [3.63, 3.8) is 0 Å². The van der Waals surface area contributed by atoms with Crippen molar-refractivity contribution in [3.8, 4) is 0 Å². The van der Waals surface area contributed by atoms with Crippen LogP contribution < -0.4 is 5.73 Å². The number of anilines is 1. The fourth-order valence-electron chi connectivity index (χ4n) is 2.08. The molecule has 0 aliphatic carbocycles. The van der Waals surface area contributed by atoms with E-state index in [4.69, 9.17) is 10.5 Å². The number of hydrogen-bond acceptors (Lipinski definition) is 5. The van der Waals surface area contributed by atoms with Crippen LogP contribution in [0, 0.1) is 0 Å². The Morgan fingerprint density at radius 2 is 2.10 bits per heavy atom. The second-order valence-corrected chi connectivity index (χ2v) is 5.61. The first-order valence-electron chi connectivity index (χ1n) is 6.59. The van der Waals surface area contributed by atoms with Crippen molar-refractivity contribution < 1.29 is 9.53 Å². The van der Waals surface area contributed by atoms with E-state index in [2.05, 4.69) is 4.98 Å². The zero-order valence-electron chi connectivity index (χ0n) is 11.3. The van der Waals surface area contributed by atoms with Crippen LogP contribution in [-0.4, -0.2) is 17.6 Å². The topological polar surface area (TPSA) is 65.2 Å². The standard InChI is InChI=1S/C16H14N2O2S/c17-13-10-15(18-14-6-2-1-5-12(13)14)16(19)20-8-7-11-4-3-9-21-11/h1-6,9-10H,7-8H2,(H2,17,18). The number of ether oxygens (including phenoxy) is 1. The van der Waals surface area contributed by atoms with Gasteiger partial charge in [0.15, 0.2) is 5.69 Å². The first-order valence-corrected chi connectivity index (χ1v) is 7.47. The van der Waals surface area contributed by atoms with Gasteiger partial charge in [0.1, 0.15) is 0 Å². The Kier molecular flexibility index (Phi) is 3.83. The van der Waals surface area contributed by atoms with E-state index in [0.29, 0.717) is 24.2 Å². The van der Waals surface area contributed by atoms with Crippen LogP contribution in [0.2, 0.25) is 0 Å². The summed E-state index contributed by atoms with van der Waals surface area (Å²) in [4.78, 5) is 17.5. The molecule has 0 aliphatic heterocycles. The summed E-state index contributed by atoms with van der Waals surface area (Å²) in [6.07, 6.45) is 0.715. The summed E-state index contributed by atoms with van der Waals surface area (Å²) < 4.78 is 5.25. The molecule has 0 fully saturated rings. The van der Waals surface area contributed by atoms with Crippen LogP contribution in [0.15, 0.2) is 47.8 Å². The van der Waals surface area contributed by atoms with E-state index in [0.717, 1.165) is 5.39 Å². The Balaban J connectivity index is 1.72. The lowest BCUT2D eigenvalue weighted by Gasteiger charge is -2.06. The molecule has 2 N–H and O–H groups in total. The van der Waals surface area contributed by atoms with Crippen LogP contribution in [0.4, 0.5) is 5.69 Å². The van der Waals surface area contributed by atoms with E-state index in [1.165, 1.54) is 4.88 Å². The molecule has 4 nitrogen and oxygen atoms in total. The molecule has 3 rings (SSSR count). The maximum atomic E-state index is 12.0. The molecule has 0 spiro atoms. The maximum Gasteiger partial charge on any atom is 0.357 e. The number of nitrogens with two attached hydrogens (primary N) is 1. The maximum absolute atomic E-state index is 12.0. The first-order chi connectivity index (χ1) is 10.2. The number of nitrogen functional groups attached to an aromatic ring is 1. The van der Waals surface area contributed by atoms with Crippen molar-refractivity contribution in [2.75, 3.05) is 12.3 Å². The van der Waals surface area contributed by atoms with Crippen molar-refractivity contribution in [1.82, 2.24) is 4.98 Å². The molecule has 0 atom stereocenters. The largest absolute Gasteiger partial charge is 0.461 e. The number of para-hydroxylation sites is 1. The van der Waals surface area contributed by atoms with Crippen molar-refractivity contribution >= 4 is 33.9 Å². The summed E-state index contributed by atoms with van der Waals surface area (Å²) in [5.41, 5.74) is 7.43. The third-order valence-electron chi connectivity index (χ3n) is 3.12. The number of carbonyl (C=O) groups is 1. The highest BCUT2D eigenvalue weighted by Crippen LogP contribution is 2.20. The minimum atomic E-state index is -0.441. The second-order valence-electron chi connectivity index (χ2n) is 4.58. The van der Waals surface area contributed by atoms with Crippen molar-refractivity contribution in [2.24, 2.45) is 0 Å². The Bertz CT molecular complexity index is 769. The van der Waals surface area contributed by atoms with Gasteiger partial charge in [0.25, 0.3) is 0 Å². The van der Waals surface area contributed by atoms with Gasteiger partial charge in [-0.2, -0.15) is 0 Å². The summed E-state index contributed by atoms with van der Waals surface area (Å²) >= 11 is 1.65. The molecule has 0 amide bonds. The number of carbonyl (C=O) groups excluding carboxylic acids is 1. The van der Waals surface area contributed by atoms with E-state index in [9.17, 15) is 4.79 Å². The van der Waals surface area contributed by atoms with Crippen molar-refractivity contribution in [3.05, 3.63) is 58.4 Å². The van der Waals surface area contributed by atoms with Crippen molar-refractivity contribution in [1.29, 1.82) is 0 Å². The Morgan fingerprint density at radius 1 is 1.24 bits per heavy atom. The van der Waals surface area contributed by atoms with Gasteiger partial charge in [0.05, 0.1) is 12.1 Å². The van der Waals surface area contributed by atoms with E-state index < -0.39 is 5.97 Å². The lowest BCUT2D eigenvalue weighted by atomic mass is 10.1. The molecule has 0 aliphatic rings. The average molecular weight is 298 g/mol. The minimum Gasteiger partial charge on any atom is -0.461 e. The van der Waals surface area contributed by atoms with E-state index >= 15 is 0 Å². The van der Waals surface area contributed by atoms with Gasteiger partial charge in [0, 0.05) is 22.4 Å². The zero-order valence-corrected chi connectivity index (χ0v) is 12.1. The number of pyridine rings is 1. The van der Waals surface area contributed by atoms with Gasteiger partial charge >= 0.3 is 5.97 Å². The zero-order chi connectivity index (χ0) is 14.7. The number of aromatic nitrogens is 1. The Hall–Kier alpha value is -2.40. The average Bonchev–Trinajstić information content (AvgIpc) is 3.00. The summed E-state index contributed by atoms with van der Waals surface area (Å²) in [5.74, 6) is -0.441. The van der Waals surface area contributed by atoms with Crippen molar-refractivity contribution in [2.45, 2.75) is 6.42 Å².